The SMILES string of the molecule is c1ccc(-c2cccc(-c3c4ccccc4c(-c4ccccc4)c4c5cc6c(cc7c8c(-c9ccccc9)c9ccccc9c(-c9cccc(-c%10ccccc%10)c9)c8c8cccc6c87)c6cccc(c34)c65)c2)cc1. The highest BCUT2D eigenvalue weighted by Gasteiger charge is 2.28. The molecule has 0 saturated heterocycles. The van der Waals surface area contributed by atoms with E-state index < -0.39 is 0 Å². The molecule has 0 fully saturated rings. The van der Waals surface area contributed by atoms with E-state index in [1.54, 1.807) is 0 Å². The molecule has 0 saturated carbocycles. The third-order valence-corrected chi connectivity index (χ3v) is 16.3. The molecule has 340 valence electrons. The van der Waals surface area contributed by atoms with Gasteiger partial charge in [0.1, 0.15) is 0 Å². The van der Waals surface area contributed by atoms with Crippen LogP contribution in [0.4, 0.5) is 0 Å². The average Bonchev–Trinajstić information content (AvgIpc) is 4.02. The Balaban J connectivity index is 1.09. The van der Waals surface area contributed by atoms with Crippen LogP contribution < -0.4 is 0 Å². The van der Waals surface area contributed by atoms with Gasteiger partial charge >= 0.3 is 0 Å². The van der Waals surface area contributed by atoms with E-state index in [1.165, 1.54) is 164 Å². The predicted molar refractivity (Wildman–Crippen MR) is 319 cm³/mol. The number of rotatable bonds is 6. The summed E-state index contributed by atoms with van der Waals surface area (Å²) >= 11 is 0. The normalized spacial score (nSPS) is 12.1. The van der Waals surface area contributed by atoms with Gasteiger partial charge in [-0.1, -0.05) is 243 Å². The predicted octanol–water partition coefficient (Wildman–Crippen LogP) is 20.9. The van der Waals surface area contributed by atoms with Crippen molar-refractivity contribution in [3.8, 4) is 66.8 Å². The van der Waals surface area contributed by atoms with Gasteiger partial charge in [-0.15, -0.1) is 0 Å². The van der Waals surface area contributed by atoms with Crippen LogP contribution in [0.15, 0.2) is 267 Å². The van der Waals surface area contributed by atoms with Crippen molar-refractivity contribution >= 4 is 97.0 Å². The van der Waals surface area contributed by atoms with Crippen molar-refractivity contribution in [3.05, 3.63) is 267 Å². The summed E-state index contributed by atoms with van der Waals surface area (Å²) in [5.74, 6) is 0. The van der Waals surface area contributed by atoms with Crippen molar-refractivity contribution in [1.82, 2.24) is 0 Å². The molecule has 0 bridgehead atoms. The number of hydrogen-bond donors (Lipinski definition) is 0. The highest BCUT2D eigenvalue weighted by molar-refractivity contribution is 6.47. The summed E-state index contributed by atoms with van der Waals surface area (Å²) in [6.07, 6.45) is 0. The first-order valence-corrected chi connectivity index (χ1v) is 25.8. The van der Waals surface area contributed by atoms with Gasteiger partial charge in [-0.05, 0) is 188 Å². The maximum absolute atomic E-state index is 2.57. The Labute approximate surface area is 428 Å². The van der Waals surface area contributed by atoms with E-state index in [-0.39, 0.29) is 0 Å². The molecule has 0 aliphatic carbocycles. The molecule has 0 atom stereocenters. The van der Waals surface area contributed by atoms with Gasteiger partial charge < -0.3 is 0 Å². The van der Waals surface area contributed by atoms with E-state index in [1.807, 2.05) is 0 Å². The van der Waals surface area contributed by atoms with Crippen molar-refractivity contribution in [3.63, 3.8) is 0 Å². The Morgan fingerprint density at radius 1 is 0.122 bits per heavy atom. The molecular weight excluding hydrogens is 889 g/mol. The van der Waals surface area contributed by atoms with Gasteiger partial charge in [-0.2, -0.15) is 0 Å². The van der Waals surface area contributed by atoms with E-state index in [2.05, 4.69) is 267 Å². The second-order valence-electron chi connectivity index (χ2n) is 20.1. The summed E-state index contributed by atoms with van der Waals surface area (Å²) in [7, 11) is 0. The maximum Gasteiger partial charge on any atom is -0.000719 e. The molecule has 0 nitrogen and oxygen atoms in total. The minimum atomic E-state index is 1.21. The summed E-state index contributed by atoms with van der Waals surface area (Å²) in [5, 5.41) is 23.3. The maximum atomic E-state index is 2.57. The number of benzene rings is 14. The minimum absolute atomic E-state index is 1.21. The first kappa shape index (κ1) is 41.0. The van der Waals surface area contributed by atoms with Crippen LogP contribution >= 0.6 is 0 Å². The van der Waals surface area contributed by atoms with Gasteiger partial charge in [0.05, 0.1) is 0 Å². The van der Waals surface area contributed by atoms with Crippen molar-refractivity contribution in [2.45, 2.75) is 0 Å². The van der Waals surface area contributed by atoms with E-state index in [4.69, 9.17) is 0 Å². The van der Waals surface area contributed by atoms with Crippen LogP contribution in [0.25, 0.3) is 164 Å². The highest BCUT2D eigenvalue weighted by atomic mass is 14.3. The molecule has 0 aliphatic rings. The molecule has 0 aliphatic heterocycles. The molecule has 0 aromatic heterocycles. The van der Waals surface area contributed by atoms with Crippen LogP contribution in [0.5, 0.6) is 0 Å². The van der Waals surface area contributed by atoms with Crippen LogP contribution in [-0.2, 0) is 0 Å². The van der Waals surface area contributed by atoms with Crippen molar-refractivity contribution in [1.29, 1.82) is 0 Å². The lowest BCUT2D eigenvalue weighted by Gasteiger charge is -2.17. The zero-order valence-electron chi connectivity index (χ0n) is 40.4. The lowest BCUT2D eigenvalue weighted by Crippen LogP contribution is -1.90. The van der Waals surface area contributed by atoms with Gasteiger partial charge in [0, 0.05) is 0 Å². The van der Waals surface area contributed by atoms with Gasteiger partial charge in [-0.25, -0.2) is 0 Å². The Morgan fingerprint density at radius 3 is 0.757 bits per heavy atom. The number of hydrogen-bond acceptors (Lipinski definition) is 0. The van der Waals surface area contributed by atoms with Crippen molar-refractivity contribution < 1.29 is 0 Å². The van der Waals surface area contributed by atoms with Crippen LogP contribution in [0, 0.1) is 0 Å². The first-order valence-electron chi connectivity index (χ1n) is 25.8. The zero-order chi connectivity index (χ0) is 48.4. The minimum Gasteiger partial charge on any atom is -0.0622 e. The monoisotopic (exact) mass is 932 g/mol. The highest BCUT2D eigenvalue weighted by Crippen LogP contribution is 2.56. The average molecular weight is 933 g/mol. The molecule has 0 spiro atoms. The van der Waals surface area contributed by atoms with Gasteiger partial charge in [0.2, 0.25) is 0 Å². The Kier molecular flexibility index (Phi) is 8.84. The van der Waals surface area contributed by atoms with E-state index in [0.29, 0.717) is 0 Å². The fourth-order valence-corrected chi connectivity index (χ4v) is 13.3. The molecular formula is C74H44. The third-order valence-electron chi connectivity index (χ3n) is 16.3. The molecule has 16 aromatic rings. The zero-order valence-corrected chi connectivity index (χ0v) is 40.4. The van der Waals surface area contributed by atoms with Crippen LogP contribution in [0.3, 0.4) is 0 Å². The molecule has 0 N–H and O–H groups in total. The second kappa shape index (κ2) is 15.9. The van der Waals surface area contributed by atoms with Crippen molar-refractivity contribution in [2.24, 2.45) is 0 Å². The fourth-order valence-electron chi connectivity index (χ4n) is 13.3. The van der Waals surface area contributed by atoms with E-state index in [9.17, 15) is 0 Å². The summed E-state index contributed by atoms with van der Waals surface area (Å²) in [6, 6.07) is 99.8. The van der Waals surface area contributed by atoms with Gasteiger partial charge in [0.25, 0.3) is 0 Å². The van der Waals surface area contributed by atoms with Crippen LogP contribution in [-0.4, -0.2) is 0 Å². The molecule has 0 heterocycles. The second-order valence-corrected chi connectivity index (χ2v) is 20.1. The summed E-state index contributed by atoms with van der Waals surface area (Å²) in [6.45, 7) is 0. The van der Waals surface area contributed by atoms with Crippen LogP contribution in [0.2, 0.25) is 0 Å². The van der Waals surface area contributed by atoms with Gasteiger partial charge in [-0.3, -0.25) is 0 Å². The lowest BCUT2D eigenvalue weighted by atomic mass is 9.86. The first-order chi connectivity index (χ1) is 36.8. The van der Waals surface area contributed by atoms with Crippen molar-refractivity contribution in [2.75, 3.05) is 0 Å². The lowest BCUT2D eigenvalue weighted by molar-refractivity contribution is 1.61. The smallest absolute Gasteiger partial charge is 0.000719 e. The quantitative estimate of drug-likeness (QED) is 0.146. The molecule has 74 heavy (non-hydrogen) atoms. The molecule has 0 unspecified atom stereocenters. The summed E-state index contributed by atoms with van der Waals surface area (Å²) < 4.78 is 0. The summed E-state index contributed by atoms with van der Waals surface area (Å²) in [4.78, 5) is 0. The van der Waals surface area contributed by atoms with E-state index in [0.717, 1.165) is 0 Å². The van der Waals surface area contributed by atoms with Gasteiger partial charge in [0.15, 0.2) is 0 Å². The number of fused-ring (bicyclic) bond motifs is 11. The largest absolute Gasteiger partial charge is 0.0622 e. The molecule has 16 rings (SSSR count). The Hall–Kier alpha value is -9.62. The third kappa shape index (κ3) is 5.85. The molecule has 0 amide bonds. The topological polar surface area (TPSA) is 0 Å². The summed E-state index contributed by atoms with van der Waals surface area (Å²) in [5.41, 5.74) is 14.9. The molecule has 0 radical (unpaired) electrons. The van der Waals surface area contributed by atoms with Crippen LogP contribution in [0.1, 0.15) is 0 Å². The Morgan fingerprint density at radius 2 is 0.378 bits per heavy atom. The molecule has 0 heteroatoms. The molecule has 16 aromatic carbocycles. The Bertz CT molecular complexity index is 4580. The fraction of sp³-hybridized carbons (Fsp3) is 0. The standard InChI is InChI=1S/C74H44/c1-5-21-45(22-6-1)49-29-17-31-51(41-49)67-55-35-15-13-33-53(55)65(47-25-9-3-10-26-47)73-63-43-61-58-38-20-40-60-70(58)64(44-62(61)57-37-19-39-59(69(57)63)71(67)73)74-66(48-27-11-4-12-28-48)54-34-14-16-36-56(54)68(72(60)74)52-32-18-30-50(42-52)46-23-7-2-8-24-46/h1-44H. The van der Waals surface area contributed by atoms with E-state index >= 15 is 0 Å².